The van der Waals surface area contributed by atoms with Crippen LogP contribution in [0.2, 0.25) is 0 Å². The number of aromatic nitrogens is 2. The molecule has 1 amide bonds. The third-order valence-electron chi connectivity index (χ3n) is 3.53. The third kappa shape index (κ3) is 3.52. The third-order valence-corrected chi connectivity index (χ3v) is 6.26. The van der Waals surface area contributed by atoms with Gasteiger partial charge in [-0.25, -0.2) is 12.7 Å². The molecule has 3 aromatic rings. The molecule has 2 heterocycles. The fraction of sp³-hybridized carbons (Fsp3) is 0.188. The Morgan fingerprint density at radius 2 is 1.88 bits per heavy atom. The van der Waals surface area contributed by atoms with Crippen LogP contribution >= 0.6 is 11.3 Å². The van der Waals surface area contributed by atoms with E-state index in [4.69, 9.17) is 4.52 Å². The lowest BCUT2D eigenvalue weighted by Gasteiger charge is -2.11. The summed E-state index contributed by atoms with van der Waals surface area (Å²) in [5.74, 6) is 0.471. The van der Waals surface area contributed by atoms with Crippen molar-refractivity contribution in [1.29, 1.82) is 0 Å². The molecule has 8 nitrogen and oxygen atoms in total. The maximum atomic E-state index is 12.5. The van der Waals surface area contributed by atoms with Gasteiger partial charge in [0.1, 0.15) is 4.88 Å². The van der Waals surface area contributed by atoms with Crippen LogP contribution in [0.5, 0.6) is 0 Å². The largest absolute Gasteiger partial charge is 0.333 e. The maximum Gasteiger partial charge on any atom is 0.270 e. The van der Waals surface area contributed by atoms with Gasteiger partial charge in [-0.15, -0.1) is 11.3 Å². The Morgan fingerprint density at radius 1 is 1.19 bits per heavy atom. The highest BCUT2D eigenvalue weighted by Gasteiger charge is 2.19. The van der Waals surface area contributed by atoms with E-state index >= 15 is 0 Å². The molecule has 0 saturated carbocycles. The average molecular weight is 392 g/mol. The monoisotopic (exact) mass is 392 g/mol. The molecule has 0 spiro atoms. The van der Waals surface area contributed by atoms with Crippen molar-refractivity contribution in [2.45, 2.75) is 11.8 Å². The van der Waals surface area contributed by atoms with E-state index in [1.165, 1.54) is 49.7 Å². The van der Waals surface area contributed by atoms with Crippen molar-refractivity contribution in [3.8, 4) is 10.8 Å². The van der Waals surface area contributed by atoms with Gasteiger partial charge in [0.25, 0.3) is 11.8 Å². The molecule has 26 heavy (non-hydrogen) atoms. The number of aryl methyl sites for hydroxylation is 1. The lowest BCUT2D eigenvalue weighted by atomic mass is 10.2. The zero-order valence-corrected chi connectivity index (χ0v) is 15.9. The summed E-state index contributed by atoms with van der Waals surface area (Å²) in [5, 5.41) is 8.33. The number of benzene rings is 1. The Hall–Kier alpha value is -2.56. The van der Waals surface area contributed by atoms with Crippen LogP contribution in [0, 0.1) is 6.92 Å². The highest BCUT2D eigenvalue weighted by Crippen LogP contribution is 2.32. The predicted molar refractivity (Wildman–Crippen MR) is 97.6 cm³/mol. The summed E-state index contributed by atoms with van der Waals surface area (Å²) < 4.78 is 30.4. The summed E-state index contributed by atoms with van der Waals surface area (Å²) in [6, 6.07) is 7.48. The number of thiophene rings is 1. The molecule has 0 aliphatic rings. The van der Waals surface area contributed by atoms with Gasteiger partial charge in [-0.3, -0.25) is 4.79 Å². The van der Waals surface area contributed by atoms with Gasteiger partial charge in [0, 0.05) is 19.7 Å². The smallest absolute Gasteiger partial charge is 0.270 e. The van der Waals surface area contributed by atoms with E-state index in [2.05, 4.69) is 15.5 Å². The number of anilines is 1. The van der Waals surface area contributed by atoms with Gasteiger partial charge in [0.15, 0.2) is 5.82 Å². The maximum absolute atomic E-state index is 12.5. The first kappa shape index (κ1) is 18.2. The minimum absolute atomic E-state index is 0.122. The van der Waals surface area contributed by atoms with Gasteiger partial charge in [-0.1, -0.05) is 5.16 Å². The van der Waals surface area contributed by atoms with Crippen molar-refractivity contribution < 1.29 is 17.7 Å². The minimum Gasteiger partial charge on any atom is -0.333 e. The number of rotatable bonds is 5. The zero-order valence-electron chi connectivity index (χ0n) is 14.3. The second-order valence-electron chi connectivity index (χ2n) is 5.58. The van der Waals surface area contributed by atoms with Crippen molar-refractivity contribution in [2.24, 2.45) is 0 Å². The molecule has 0 aliphatic carbocycles. The first-order valence-electron chi connectivity index (χ1n) is 7.51. The van der Waals surface area contributed by atoms with Crippen LogP contribution in [-0.2, 0) is 10.0 Å². The Labute approximate surface area is 154 Å². The van der Waals surface area contributed by atoms with E-state index in [1.807, 2.05) is 0 Å². The molecular weight excluding hydrogens is 376 g/mol. The van der Waals surface area contributed by atoms with Crippen LogP contribution in [0.25, 0.3) is 10.8 Å². The van der Waals surface area contributed by atoms with Crippen LogP contribution < -0.4 is 5.32 Å². The van der Waals surface area contributed by atoms with Gasteiger partial charge in [0.05, 0.1) is 10.6 Å². The van der Waals surface area contributed by atoms with E-state index in [9.17, 15) is 13.2 Å². The molecule has 0 atom stereocenters. The van der Waals surface area contributed by atoms with Crippen LogP contribution in [-0.4, -0.2) is 42.9 Å². The highest BCUT2D eigenvalue weighted by molar-refractivity contribution is 7.89. The lowest BCUT2D eigenvalue weighted by Crippen LogP contribution is -2.22. The fourth-order valence-electron chi connectivity index (χ4n) is 2.15. The number of sulfonamides is 1. The Balaban J connectivity index is 1.81. The summed E-state index contributed by atoms with van der Waals surface area (Å²) in [7, 11) is -0.631. The van der Waals surface area contributed by atoms with Gasteiger partial charge in [-0.2, -0.15) is 4.98 Å². The van der Waals surface area contributed by atoms with E-state index in [1.54, 1.807) is 18.4 Å². The average Bonchev–Trinajstić information content (AvgIpc) is 3.23. The first-order valence-corrected chi connectivity index (χ1v) is 9.83. The second kappa shape index (κ2) is 6.98. The van der Waals surface area contributed by atoms with Crippen LogP contribution in [0.3, 0.4) is 0 Å². The van der Waals surface area contributed by atoms with Crippen LogP contribution in [0.1, 0.15) is 16.2 Å². The van der Waals surface area contributed by atoms with Crippen molar-refractivity contribution >= 4 is 33.0 Å². The molecular formula is C16H16N4O4S2. The molecule has 0 unspecified atom stereocenters. The quantitative estimate of drug-likeness (QED) is 0.715. The molecule has 0 radical (unpaired) electrons. The van der Waals surface area contributed by atoms with Crippen LogP contribution in [0.4, 0.5) is 5.69 Å². The molecule has 2 aromatic heterocycles. The molecule has 10 heteroatoms. The molecule has 1 aromatic carbocycles. The molecule has 0 fully saturated rings. The van der Waals surface area contributed by atoms with Gasteiger partial charge < -0.3 is 9.84 Å². The van der Waals surface area contributed by atoms with E-state index in [0.29, 0.717) is 27.8 Å². The minimum atomic E-state index is -3.53. The van der Waals surface area contributed by atoms with E-state index in [-0.39, 0.29) is 10.8 Å². The Bertz CT molecular complexity index is 1040. The number of nitrogens with one attached hydrogen (secondary N) is 1. The molecule has 1 N–H and O–H groups in total. The zero-order chi connectivity index (χ0) is 18.9. The summed E-state index contributed by atoms with van der Waals surface area (Å²) in [4.78, 5) is 17.4. The van der Waals surface area contributed by atoms with E-state index < -0.39 is 10.0 Å². The van der Waals surface area contributed by atoms with Gasteiger partial charge >= 0.3 is 0 Å². The molecule has 136 valence electrons. The van der Waals surface area contributed by atoms with Crippen molar-refractivity contribution in [3.05, 3.63) is 47.1 Å². The lowest BCUT2D eigenvalue weighted by molar-refractivity contribution is 0.102. The van der Waals surface area contributed by atoms with Crippen molar-refractivity contribution in [2.75, 3.05) is 19.4 Å². The summed E-state index contributed by atoms with van der Waals surface area (Å²) in [6.45, 7) is 1.71. The topological polar surface area (TPSA) is 105 Å². The predicted octanol–water partition coefficient (Wildman–Crippen LogP) is 2.61. The number of carbonyl (C=O) groups excluding carboxylic acids is 1. The molecule has 0 bridgehead atoms. The van der Waals surface area contributed by atoms with Crippen molar-refractivity contribution in [1.82, 2.24) is 14.4 Å². The van der Waals surface area contributed by atoms with Gasteiger partial charge in [0.2, 0.25) is 10.0 Å². The summed E-state index contributed by atoms with van der Waals surface area (Å²) in [5.41, 5.74) is 0.884. The first-order chi connectivity index (χ1) is 12.3. The van der Waals surface area contributed by atoms with E-state index in [0.717, 1.165) is 4.31 Å². The summed E-state index contributed by atoms with van der Waals surface area (Å²) >= 11 is 1.37. The SMILES string of the molecule is Cc1noc(-c2sccc2NC(=O)c2ccc(S(=O)(=O)N(C)C)cc2)n1. The number of hydrogen-bond donors (Lipinski definition) is 1. The standard InChI is InChI=1S/C16H16N4O4S2/c1-10-17-16(24-19-10)14-13(8-9-25-14)18-15(21)11-4-6-12(7-5-11)26(22,23)20(2)3/h4-9H,1-3H3,(H,18,21). The number of nitrogens with zero attached hydrogens (tertiary/aromatic N) is 3. The molecule has 3 rings (SSSR count). The summed E-state index contributed by atoms with van der Waals surface area (Å²) in [6.07, 6.45) is 0. The van der Waals surface area contributed by atoms with Gasteiger partial charge in [-0.05, 0) is 42.6 Å². The second-order valence-corrected chi connectivity index (χ2v) is 8.64. The Morgan fingerprint density at radius 3 is 2.46 bits per heavy atom. The molecule has 0 saturated heterocycles. The van der Waals surface area contributed by atoms with Crippen LogP contribution in [0.15, 0.2) is 45.1 Å². The Kier molecular flexibility index (Phi) is 4.90. The fourth-order valence-corrected chi connectivity index (χ4v) is 3.82. The number of carbonyl (C=O) groups is 1. The van der Waals surface area contributed by atoms with Crippen molar-refractivity contribution in [3.63, 3.8) is 0 Å². The number of amides is 1. The highest BCUT2D eigenvalue weighted by atomic mass is 32.2. The normalized spacial score (nSPS) is 11.7. The molecule has 0 aliphatic heterocycles. The number of hydrogen-bond acceptors (Lipinski definition) is 7.